The predicted molar refractivity (Wildman–Crippen MR) is 79.4 cm³/mol. The highest BCUT2D eigenvalue weighted by molar-refractivity contribution is 5.99. The number of benzene rings is 3. The molecule has 3 rings (SSSR count). The third-order valence-corrected chi connectivity index (χ3v) is 3.03. The van der Waals surface area contributed by atoms with E-state index in [4.69, 9.17) is 5.53 Å². The Morgan fingerprint density at radius 2 is 1.20 bits per heavy atom. The second-order valence-corrected chi connectivity index (χ2v) is 4.30. The molecule has 0 spiro atoms. The molecule has 0 aliphatic heterocycles. The van der Waals surface area contributed by atoms with E-state index in [9.17, 15) is 0 Å². The van der Waals surface area contributed by atoms with E-state index in [-0.39, 0.29) is 0 Å². The number of azo groups is 1. The van der Waals surface area contributed by atoms with Crippen LogP contribution in [-0.2, 0) is 0 Å². The lowest BCUT2D eigenvalue weighted by molar-refractivity contribution is 1.15. The molecule has 0 aliphatic rings. The summed E-state index contributed by atoms with van der Waals surface area (Å²) in [6, 6.07) is 21.0. The number of fused-ring (bicyclic) bond motifs is 1. The molecule has 0 unspecified atom stereocenters. The zero-order valence-electron chi connectivity index (χ0n) is 10.7. The molecule has 20 heavy (non-hydrogen) atoms. The molecule has 3 aromatic rings. The quantitative estimate of drug-likeness (QED) is 0.568. The summed E-state index contributed by atoms with van der Waals surface area (Å²) in [6.07, 6.45) is 0. The highest BCUT2D eigenvalue weighted by atomic mass is 15.1. The summed E-state index contributed by atoms with van der Waals surface area (Å²) in [5.41, 5.74) is 9.43. The topological polar surface area (TPSA) is 60.9 Å². The summed E-state index contributed by atoms with van der Waals surface area (Å²) in [4.78, 5) is 0. The van der Waals surface area contributed by atoms with Crippen molar-refractivity contribution in [1.82, 2.24) is 0 Å². The lowest BCUT2D eigenvalue weighted by Gasteiger charge is -2.03. The van der Waals surface area contributed by atoms with Gasteiger partial charge in [0.05, 0.1) is 17.1 Å². The smallest absolute Gasteiger partial charge is 0.0936 e. The zero-order chi connectivity index (χ0) is 13.8. The van der Waals surface area contributed by atoms with Crippen LogP contribution in [0.4, 0.5) is 17.1 Å². The Labute approximate surface area is 116 Å². The first-order valence-corrected chi connectivity index (χ1v) is 6.24. The maximum atomic E-state index is 7.20. The molecule has 0 saturated heterocycles. The van der Waals surface area contributed by atoms with Crippen LogP contribution in [-0.4, -0.2) is 0 Å². The highest BCUT2D eigenvalue weighted by Crippen LogP contribution is 2.33. The van der Waals surface area contributed by atoms with E-state index in [2.05, 4.69) is 15.3 Å². The first-order chi connectivity index (χ1) is 9.88. The van der Waals surface area contributed by atoms with Crippen LogP contribution in [0.15, 0.2) is 82.1 Å². The Balaban J connectivity index is 2.09. The molecule has 96 valence electrons. The summed E-state index contributed by atoms with van der Waals surface area (Å²) < 4.78 is 0. The Hall–Kier alpha value is -2.88. The van der Waals surface area contributed by atoms with Crippen LogP contribution in [0.2, 0.25) is 0 Å². The largest absolute Gasteiger partial charge is 0.204 e. The molecule has 0 amide bonds. The van der Waals surface area contributed by atoms with E-state index in [1.165, 1.54) is 0 Å². The normalized spacial score (nSPS) is 11.0. The molecular weight excluding hydrogens is 248 g/mol. The zero-order valence-corrected chi connectivity index (χ0v) is 10.7. The van der Waals surface area contributed by atoms with Crippen LogP contribution in [0.1, 0.15) is 0 Å². The van der Waals surface area contributed by atoms with Crippen molar-refractivity contribution >= 4 is 27.8 Å². The second kappa shape index (κ2) is 5.40. The molecule has 0 bridgehead atoms. The van der Waals surface area contributed by atoms with Crippen LogP contribution in [0.3, 0.4) is 0 Å². The third kappa shape index (κ3) is 2.31. The number of nitrogens with zero attached hydrogens (tertiary/aromatic N) is 3. The Kier molecular flexibility index (Phi) is 3.29. The van der Waals surface area contributed by atoms with Crippen LogP contribution in [0.25, 0.3) is 10.8 Å². The molecule has 0 atom stereocenters. The fourth-order valence-corrected chi connectivity index (χ4v) is 2.06. The summed E-state index contributed by atoms with van der Waals surface area (Å²) in [6.45, 7) is 0. The van der Waals surface area contributed by atoms with Crippen LogP contribution >= 0.6 is 0 Å². The monoisotopic (exact) mass is 260 g/mol. The minimum Gasteiger partial charge on any atom is -0.204 e. The molecule has 4 heteroatoms. The van der Waals surface area contributed by atoms with Crippen molar-refractivity contribution in [3.8, 4) is 0 Å². The van der Waals surface area contributed by atoms with Gasteiger partial charge in [0.1, 0.15) is 0 Å². The number of hydrogen-bond donors (Lipinski definition) is 1. The van der Waals surface area contributed by atoms with Crippen LogP contribution in [0.5, 0.6) is 0 Å². The van der Waals surface area contributed by atoms with E-state index < -0.39 is 0 Å². The molecule has 4 nitrogen and oxygen atoms in total. The van der Waals surface area contributed by atoms with E-state index in [1.54, 1.807) is 6.07 Å². The van der Waals surface area contributed by atoms with Crippen molar-refractivity contribution in [1.29, 1.82) is 5.53 Å². The average Bonchev–Trinajstić information content (AvgIpc) is 2.53. The van der Waals surface area contributed by atoms with Crippen LogP contribution < -0.4 is 0 Å². The highest BCUT2D eigenvalue weighted by Gasteiger charge is 2.04. The van der Waals surface area contributed by atoms with Gasteiger partial charge in [0, 0.05) is 10.8 Å². The molecule has 1 N–H and O–H groups in total. The second-order valence-electron chi connectivity index (χ2n) is 4.30. The van der Waals surface area contributed by atoms with Gasteiger partial charge in [-0.25, -0.2) is 5.53 Å². The average molecular weight is 260 g/mol. The van der Waals surface area contributed by atoms with Gasteiger partial charge in [0.2, 0.25) is 0 Å². The van der Waals surface area contributed by atoms with Crippen molar-refractivity contribution in [2.24, 2.45) is 15.3 Å². The van der Waals surface area contributed by atoms with Crippen molar-refractivity contribution in [3.63, 3.8) is 0 Å². The van der Waals surface area contributed by atoms with Gasteiger partial charge < -0.3 is 0 Å². The van der Waals surface area contributed by atoms with E-state index in [0.29, 0.717) is 5.69 Å². The number of hydrogen-bond acceptors (Lipinski definition) is 4. The predicted octanol–water partition coefficient (Wildman–Crippen LogP) is 5.92. The number of nitrogens with one attached hydrogen (secondary N) is 1. The molecule has 0 heterocycles. The fourth-order valence-electron chi connectivity index (χ4n) is 2.06. The maximum absolute atomic E-state index is 7.20. The minimum absolute atomic E-state index is 0.638. The Bertz CT molecular complexity index is 779. The van der Waals surface area contributed by atoms with E-state index in [1.807, 2.05) is 60.7 Å². The lowest BCUT2D eigenvalue weighted by Crippen LogP contribution is -1.74. The van der Waals surface area contributed by atoms with Gasteiger partial charge in [-0.1, -0.05) is 42.5 Å². The van der Waals surface area contributed by atoms with Crippen molar-refractivity contribution < 1.29 is 0 Å². The van der Waals surface area contributed by atoms with E-state index >= 15 is 0 Å². The fraction of sp³-hybridized carbons (Fsp3) is 0. The minimum atomic E-state index is 0.638. The Morgan fingerprint density at radius 3 is 1.90 bits per heavy atom. The van der Waals surface area contributed by atoms with E-state index in [0.717, 1.165) is 22.1 Å². The molecule has 0 aliphatic carbocycles. The van der Waals surface area contributed by atoms with Gasteiger partial charge in [0.25, 0.3) is 0 Å². The van der Waals surface area contributed by atoms with Gasteiger partial charge in [0.15, 0.2) is 0 Å². The van der Waals surface area contributed by atoms with Gasteiger partial charge in [-0.2, -0.15) is 10.2 Å². The maximum Gasteiger partial charge on any atom is 0.0936 e. The van der Waals surface area contributed by atoms with Gasteiger partial charge in [-0.05, 0) is 24.3 Å². The molecule has 0 radical (unpaired) electrons. The van der Waals surface area contributed by atoms with Gasteiger partial charge >= 0.3 is 0 Å². The van der Waals surface area contributed by atoms with Crippen molar-refractivity contribution in [2.75, 3.05) is 0 Å². The lowest BCUT2D eigenvalue weighted by atomic mass is 10.1. The van der Waals surface area contributed by atoms with Crippen LogP contribution in [0, 0.1) is 5.53 Å². The van der Waals surface area contributed by atoms with Crippen molar-refractivity contribution in [2.45, 2.75) is 0 Å². The summed E-state index contributed by atoms with van der Waals surface area (Å²) in [5, 5.41) is 13.9. The number of rotatable bonds is 3. The van der Waals surface area contributed by atoms with Gasteiger partial charge in [-0.3, -0.25) is 0 Å². The molecular formula is C16H12N4. The molecule has 0 fully saturated rings. The summed E-state index contributed by atoms with van der Waals surface area (Å²) in [7, 11) is 0. The molecule has 0 aromatic heterocycles. The third-order valence-electron chi connectivity index (χ3n) is 3.03. The summed E-state index contributed by atoms with van der Waals surface area (Å²) in [5.74, 6) is 0. The standard InChI is InChI=1S/C16H12N4/c17-18-15-10-11-16(14-9-5-4-8-13(14)15)20-19-12-6-2-1-3-7-12/h1-11,17H. The first kappa shape index (κ1) is 12.2. The van der Waals surface area contributed by atoms with Crippen molar-refractivity contribution in [3.05, 3.63) is 66.7 Å². The Morgan fingerprint density at radius 1 is 0.600 bits per heavy atom. The van der Waals surface area contributed by atoms with Gasteiger partial charge in [-0.15, -0.1) is 5.11 Å². The molecule has 0 saturated carbocycles. The first-order valence-electron chi connectivity index (χ1n) is 6.24. The SMILES string of the molecule is N=Nc1ccc(N=Nc2ccccc2)c2ccccc12. The molecule has 3 aromatic carbocycles. The summed E-state index contributed by atoms with van der Waals surface area (Å²) >= 11 is 0.